The largest absolute Gasteiger partial charge is 0.497 e. The van der Waals surface area contributed by atoms with Crippen LogP contribution in [0.2, 0.25) is 0 Å². The zero-order valence-electron chi connectivity index (χ0n) is 12.5. The first-order chi connectivity index (χ1) is 9.61. The number of benzene rings is 1. The van der Waals surface area contributed by atoms with Crippen molar-refractivity contribution < 1.29 is 14.3 Å². The van der Waals surface area contributed by atoms with E-state index in [-0.39, 0.29) is 12.5 Å². The van der Waals surface area contributed by atoms with Crippen LogP contribution in [0.15, 0.2) is 24.3 Å². The summed E-state index contributed by atoms with van der Waals surface area (Å²) in [7, 11) is 1.62. The van der Waals surface area contributed by atoms with E-state index >= 15 is 0 Å². The van der Waals surface area contributed by atoms with Crippen molar-refractivity contribution in [3.63, 3.8) is 0 Å². The monoisotopic (exact) mass is 277 g/mol. The van der Waals surface area contributed by atoms with E-state index in [2.05, 4.69) is 13.8 Å². The predicted octanol–water partition coefficient (Wildman–Crippen LogP) is 2.86. The topological polar surface area (TPSA) is 38.8 Å². The maximum atomic E-state index is 12.3. The van der Waals surface area contributed by atoms with E-state index in [4.69, 9.17) is 9.47 Å². The van der Waals surface area contributed by atoms with Gasteiger partial charge in [0.1, 0.15) is 11.5 Å². The number of hydrogen-bond acceptors (Lipinski definition) is 3. The molecule has 1 saturated heterocycles. The lowest BCUT2D eigenvalue weighted by molar-refractivity contribution is -0.139. The molecule has 1 aromatic rings. The third-order valence-corrected chi connectivity index (χ3v) is 3.90. The highest BCUT2D eigenvalue weighted by atomic mass is 16.5. The standard InChI is InChI=1S/C16H23NO3/c1-12-5-4-6-13(2)17(12)16(18)11-20-15-9-7-14(19-3)8-10-15/h7-10,12-13H,4-6,11H2,1-3H3/t12-,13-/m1/s1. The second kappa shape index (κ2) is 6.64. The van der Waals surface area contributed by atoms with E-state index in [0.717, 1.165) is 18.6 Å². The fraction of sp³-hybridized carbons (Fsp3) is 0.562. The summed E-state index contributed by atoms with van der Waals surface area (Å²) in [6.45, 7) is 4.32. The van der Waals surface area contributed by atoms with Gasteiger partial charge < -0.3 is 14.4 Å². The Morgan fingerprint density at radius 3 is 2.25 bits per heavy atom. The van der Waals surface area contributed by atoms with Crippen LogP contribution >= 0.6 is 0 Å². The lowest BCUT2D eigenvalue weighted by Crippen LogP contribution is -2.49. The summed E-state index contributed by atoms with van der Waals surface area (Å²) < 4.78 is 10.7. The summed E-state index contributed by atoms with van der Waals surface area (Å²) >= 11 is 0. The molecule has 0 unspecified atom stereocenters. The number of carbonyl (C=O) groups excluding carboxylic acids is 1. The number of carbonyl (C=O) groups is 1. The molecule has 1 aromatic carbocycles. The third-order valence-electron chi connectivity index (χ3n) is 3.90. The SMILES string of the molecule is COc1ccc(OCC(=O)N2[C@H](C)CCC[C@H]2C)cc1. The number of hydrogen-bond donors (Lipinski definition) is 0. The highest BCUT2D eigenvalue weighted by Gasteiger charge is 2.28. The van der Waals surface area contributed by atoms with E-state index in [1.807, 2.05) is 29.2 Å². The molecular weight excluding hydrogens is 254 g/mol. The van der Waals surface area contributed by atoms with Crippen LogP contribution in [0.3, 0.4) is 0 Å². The number of piperidine rings is 1. The molecule has 2 rings (SSSR count). The Kier molecular flexibility index (Phi) is 4.88. The Hall–Kier alpha value is -1.71. The summed E-state index contributed by atoms with van der Waals surface area (Å²) in [4.78, 5) is 14.3. The molecule has 0 saturated carbocycles. The van der Waals surface area contributed by atoms with Crippen LogP contribution in [0.5, 0.6) is 11.5 Å². The first kappa shape index (κ1) is 14.7. The van der Waals surface area contributed by atoms with Crippen LogP contribution in [-0.2, 0) is 4.79 Å². The number of amides is 1. The van der Waals surface area contributed by atoms with Gasteiger partial charge in [-0.2, -0.15) is 0 Å². The molecule has 1 fully saturated rings. The van der Waals surface area contributed by atoms with Gasteiger partial charge in [-0.15, -0.1) is 0 Å². The highest BCUT2D eigenvalue weighted by Crippen LogP contribution is 2.23. The molecule has 4 heteroatoms. The Balaban J connectivity index is 1.90. The van der Waals surface area contributed by atoms with Crippen LogP contribution in [0.1, 0.15) is 33.1 Å². The predicted molar refractivity (Wildman–Crippen MR) is 78.1 cm³/mol. The molecule has 0 N–H and O–H groups in total. The minimum atomic E-state index is 0.0699. The second-order valence-electron chi connectivity index (χ2n) is 5.39. The quantitative estimate of drug-likeness (QED) is 0.849. The number of methoxy groups -OCH3 is 1. The summed E-state index contributed by atoms with van der Waals surface area (Å²) in [5, 5.41) is 0. The van der Waals surface area contributed by atoms with Gasteiger partial charge in [0.2, 0.25) is 0 Å². The smallest absolute Gasteiger partial charge is 0.260 e. The van der Waals surface area contributed by atoms with Gasteiger partial charge in [-0.1, -0.05) is 0 Å². The minimum absolute atomic E-state index is 0.0699. The van der Waals surface area contributed by atoms with Gasteiger partial charge in [0, 0.05) is 12.1 Å². The van der Waals surface area contributed by atoms with E-state index in [1.165, 1.54) is 6.42 Å². The molecule has 0 radical (unpaired) electrons. The molecule has 1 aliphatic rings. The molecule has 4 nitrogen and oxygen atoms in total. The molecule has 20 heavy (non-hydrogen) atoms. The Labute approximate surface area is 120 Å². The second-order valence-corrected chi connectivity index (χ2v) is 5.39. The molecule has 1 heterocycles. The molecule has 2 atom stereocenters. The van der Waals surface area contributed by atoms with Crippen molar-refractivity contribution in [2.24, 2.45) is 0 Å². The lowest BCUT2D eigenvalue weighted by Gasteiger charge is -2.38. The summed E-state index contributed by atoms with van der Waals surface area (Å²) in [6, 6.07) is 7.90. The summed E-state index contributed by atoms with van der Waals surface area (Å²) in [6.07, 6.45) is 3.36. The van der Waals surface area contributed by atoms with Crippen LogP contribution in [0.4, 0.5) is 0 Å². The van der Waals surface area contributed by atoms with Gasteiger partial charge in [-0.25, -0.2) is 0 Å². The molecule has 0 bridgehead atoms. The van der Waals surface area contributed by atoms with E-state index in [0.29, 0.717) is 17.8 Å². The molecule has 0 aliphatic carbocycles. The van der Waals surface area contributed by atoms with Crippen molar-refractivity contribution in [2.45, 2.75) is 45.2 Å². The van der Waals surface area contributed by atoms with Crippen LogP contribution in [-0.4, -0.2) is 36.6 Å². The average molecular weight is 277 g/mol. The fourth-order valence-electron chi connectivity index (χ4n) is 2.80. The van der Waals surface area contributed by atoms with Crippen molar-refractivity contribution in [3.8, 4) is 11.5 Å². The summed E-state index contributed by atoms with van der Waals surface area (Å²) in [5.74, 6) is 1.54. The Morgan fingerprint density at radius 2 is 1.70 bits per heavy atom. The zero-order valence-corrected chi connectivity index (χ0v) is 12.5. The van der Waals surface area contributed by atoms with Gasteiger partial charge in [0.05, 0.1) is 7.11 Å². The van der Waals surface area contributed by atoms with E-state index in [1.54, 1.807) is 7.11 Å². The highest BCUT2D eigenvalue weighted by molar-refractivity contribution is 5.78. The maximum absolute atomic E-state index is 12.3. The van der Waals surface area contributed by atoms with Crippen molar-refractivity contribution in [1.29, 1.82) is 0 Å². The van der Waals surface area contributed by atoms with Crippen LogP contribution < -0.4 is 9.47 Å². The van der Waals surface area contributed by atoms with Gasteiger partial charge in [0.15, 0.2) is 6.61 Å². The Morgan fingerprint density at radius 1 is 1.15 bits per heavy atom. The van der Waals surface area contributed by atoms with Crippen molar-refractivity contribution >= 4 is 5.91 Å². The number of nitrogens with zero attached hydrogens (tertiary/aromatic N) is 1. The van der Waals surface area contributed by atoms with E-state index < -0.39 is 0 Å². The molecule has 110 valence electrons. The van der Waals surface area contributed by atoms with Crippen LogP contribution in [0.25, 0.3) is 0 Å². The van der Waals surface area contributed by atoms with Gasteiger partial charge in [0.25, 0.3) is 5.91 Å². The van der Waals surface area contributed by atoms with Gasteiger partial charge in [-0.3, -0.25) is 4.79 Å². The van der Waals surface area contributed by atoms with Gasteiger partial charge in [-0.05, 0) is 57.4 Å². The number of rotatable bonds is 4. The molecule has 1 aliphatic heterocycles. The molecule has 1 amide bonds. The molecular formula is C16H23NO3. The van der Waals surface area contributed by atoms with Crippen molar-refractivity contribution in [2.75, 3.05) is 13.7 Å². The zero-order chi connectivity index (χ0) is 14.5. The third kappa shape index (κ3) is 3.44. The fourth-order valence-corrected chi connectivity index (χ4v) is 2.80. The first-order valence-electron chi connectivity index (χ1n) is 7.20. The maximum Gasteiger partial charge on any atom is 0.260 e. The van der Waals surface area contributed by atoms with Crippen molar-refractivity contribution in [3.05, 3.63) is 24.3 Å². The van der Waals surface area contributed by atoms with Gasteiger partial charge >= 0.3 is 0 Å². The lowest BCUT2D eigenvalue weighted by atomic mass is 9.97. The average Bonchev–Trinajstić information content (AvgIpc) is 2.45. The van der Waals surface area contributed by atoms with Crippen LogP contribution in [0, 0.1) is 0 Å². The summed E-state index contributed by atoms with van der Waals surface area (Å²) in [5.41, 5.74) is 0. The normalized spacial score (nSPS) is 22.4. The minimum Gasteiger partial charge on any atom is -0.497 e. The number of ether oxygens (including phenoxy) is 2. The first-order valence-corrected chi connectivity index (χ1v) is 7.20. The number of likely N-dealkylation sites (tertiary alicyclic amines) is 1. The molecule has 0 aromatic heterocycles. The Bertz CT molecular complexity index is 434. The van der Waals surface area contributed by atoms with Crippen molar-refractivity contribution in [1.82, 2.24) is 4.90 Å². The van der Waals surface area contributed by atoms with E-state index in [9.17, 15) is 4.79 Å². The molecule has 0 spiro atoms.